The highest BCUT2D eigenvalue weighted by Gasteiger charge is 2.34. The van der Waals surface area contributed by atoms with E-state index in [-0.39, 0.29) is 23.6 Å². The number of sulfone groups is 1. The molecule has 6 heteroatoms. The van der Waals surface area contributed by atoms with Crippen LogP contribution in [0.15, 0.2) is 0 Å². The van der Waals surface area contributed by atoms with Crippen LogP contribution in [-0.2, 0) is 9.84 Å². The molecule has 0 aromatic heterocycles. The van der Waals surface area contributed by atoms with Gasteiger partial charge in [0.25, 0.3) is 0 Å². The molecule has 1 rings (SSSR count). The predicted molar refractivity (Wildman–Crippen MR) is 49.3 cm³/mol. The first-order valence-electron chi connectivity index (χ1n) is 4.28. The summed E-state index contributed by atoms with van der Waals surface area (Å²) in [6, 6.07) is -0.469. The van der Waals surface area contributed by atoms with E-state index in [9.17, 15) is 13.2 Å². The van der Waals surface area contributed by atoms with E-state index in [2.05, 4.69) is 10.6 Å². The van der Waals surface area contributed by atoms with Crippen molar-refractivity contribution in [1.29, 1.82) is 0 Å². The van der Waals surface area contributed by atoms with Crippen molar-refractivity contribution in [3.05, 3.63) is 0 Å². The number of hydrogen-bond acceptors (Lipinski definition) is 3. The largest absolute Gasteiger partial charge is 0.338 e. The van der Waals surface area contributed by atoms with E-state index < -0.39 is 9.84 Å². The van der Waals surface area contributed by atoms with Crippen LogP contribution in [0.5, 0.6) is 0 Å². The van der Waals surface area contributed by atoms with Crippen LogP contribution in [-0.4, -0.2) is 38.5 Å². The van der Waals surface area contributed by atoms with Crippen molar-refractivity contribution in [1.82, 2.24) is 10.6 Å². The van der Waals surface area contributed by atoms with Gasteiger partial charge >= 0.3 is 6.03 Å². The molecule has 0 bridgehead atoms. The smallest absolute Gasteiger partial charge is 0.315 e. The highest BCUT2D eigenvalue weighted by molar-refractivity contribution is 7.92. The fraction of sp³-hybridized carbons (Fsp3) is 0.857. The molecule has 0 aliphatic carbocycles. The van der Waals surface area contributed by atoms with Crippen LogP contribution in [0, 0.1) is 0 Å². The lowest BCUT2D eigenvalue weighted by molar-refractivity contribution is 0.238. The zero-order valence-electron chi connectivity index (χ0n) is 7.54. The Balaban J connectivity index is 2.17. The number of carbonyl (C=O) groups excluding carboxylic acids is 1. The quantitative estimate of drug-likeness (QED) is 0.653. The number of amides is 2. The topological polar surface area (TPSA) is 75.3 Å². The van der Waals surface area contributed by atoms with Crippen molar-refractivity contribution in [2.45, 2.75) is 19.4 Å². The van der Waals surface area contributed by atoms with Gasteiger partial charge in [-0.1, -0.05) is 6.92 Å². The molecule has 0 aromatic carbocycles. The third-order valence-corrected chi connectivity index (χ3v) is 3.60. The van der Waals surface area contributed by atoms with E-state index in [4.69, 9.17) is 0 Å². The van der Waals surface area contributed by atoms with Crippen LogP contribution in [0.2, 0.25) is 0 Å². The lowest BCUT2D eigenvalue weighted by Crippen LogP contribution is -2.55. The van der Waals surface area contributed by atoms with E-state index in [1.807, 2.05) is 6.92 Å². The maximum absolute atomic E-state index is 11.0. The molecule has 1 aliphatic heterocycles. The van der Waals surface area contributed by atoms with E-state index in [0.29, 0.717) is 6.54 Å². The molecule has 1 fully saturated rings. The van der Waals surface area contributed by atoms with Crippen molar-refractivity contribution in [3.63, 3.8) is 0 Å². The third-order valence-electron chi connectivity index (χ3n) is 1.78. The molecule has 5 nitrogen and oxygen atoms in total. The van der Waals surface area contributed by atoms with E-state index in [0.717, 1.165) is 6.42 Å². The second-order valence-corrected chi connectivity index (χ2v) is 5.33. The van der Waals surface area contributed by atoms with E-state index in [1.54, 1.807) is 0 Å². The summed E-state index contributed by atoms with van der Waals surface area (Å²) < 4.78 is 21.4. The minimum atomic E-state index is -2.84. The average molecular weight is 206 g/mol. The Kier molecular flexibility index (Phi) is 3.13. The Morgan fingerprint density at radius 3 is 2.54 bits per heavy atom. The molecule has 2 amide bonds. The van der Waals surface area contributed by atoms with Crippen LogP contribution in [0.25, 0.3) is 0 Å². The van der Waals surface area contributed by atoms with Crippen molar-refractivity contribution in [2.75, 3.05) is 18.1 Å². The van der Waals surface area contributed by atoms with Gasteiger partial charge in [0.15, 0.2) is 9.84 Å². The minimum Gasteiger partial charge on any atom is -0.338 e. The first-order chi connectivity index (χ1) is 6.03. The molecular weight excluding hydrogens is 192 g/mol. The molecule has 13 heavy (non-hydrogen) atoms. The Bertz CT molecular complexity index is 274. The molecular formula is C7H14N2O3S. The summed E-state index contributed by atoms with van der Waals surface area (Å²) in [6.07, 6.45) is 0.871. The van der Waals surface area contributed by atoms with Gasteiger partial charge < -0.3 is 10.6 Å². The van der Waals surface area contributed by atoms with E-state index in [1.165, 1.54) is 0 Å². The zero-order chi connectivity index (χ0) is 9.90. The molecule has 0 radical (unpaired) electrons. The Labute approximate surface area is 77.8 Å². The van der Waals surface area contributed by atoms with Crippen LogP contribution < -0.4 is 10.6 Å². The molecule has 1 saturated heterocycles. The second kappa shape index (κ2) is 3.95. The number of rotatable bonds is 3. The molecule has 0 aromatic rings. The van der Waals surface area contributed by atoms with Crippen molar-refractivity contribution in [3.8, 4) is 0 Å². The molecule has 0 saturated carbocycles. The summed E-state index contributed by atoms with van der Waals surface area (Å²) in [5.41, 5.74) is 0. The molecule has 0 unspecified atom stereocenters. The SMILES string of the molecule is CCCNC(=O)NC1CS(=O)(=O)C1. The fourth-order valence-electron chi connectivity index (χ4n) is 1.12. The zero-order valence-corrected chi connectivity index (χ0v) is 8.36. The number of carbonyl (C=O) groups is 1. The Morgan fingerprint density at radius 1 is 1.46 bits per heavy atom. The standard InChI is InChI=1S/C7H14N2O3S/c1-2-3-8-7(10)9-6-4-13(11,12)5-6/h6H,2-5H2,1H3,(H2,8,9,10). The summed E-state index contributed by atoms with van der Waals surface area (Å²) in [5, 5.41) is 5.19. The fourth-order valence-corrected chi connectivity index (χ4v) is 2.42. The van der Waals surface area contributed by atoms with Crippen LogP contribution >= 0.6 is 0 Å². The number of nitrogens with one attached hydrogen (secondary N) is 2. The summed E-state index contributed by atoms with van der Waals surface area (Å²) in [4.78, 5) is 11.0. The predicted octanol–water partition coefficient (Wildman–Crippen LogP) is -0.507. The number of urea groups is 1. The molecule has 1 aliphatic rings. The van der Waals surface area contributed by atoms with Crippen molar-refractivity contribution >= 4 is 15.9 Å². The van der Waals surface area contributed by atoms with Gasteiger partial charge in [0, 0.05) is 6.54 Å². The average Bonchev–Trinajstić information content (AvgIpc) is 1.97. The van der Waals surface area contributed by atoms with Gasteiger partial charge in [0.1, 0.15) is 0 Å². The van der Waals surface area contributed by atoms with Gasteiger partial charge in [0.05, 0.1) is 17.5 Å². The minimum absolute atomic E-state index is 0.0759. The maximum atomic E-state index is 11.0. The monoisotopic (exact) mass is 206 g/mol. The summed E-state index contributed by atoms with van der Waals surface area (Å²) in [6.45, 7) is 2.57. The molecule has 0 atom stereocenters. The Hall–Kier alpha value is -0.780. The van der Waals surface area contributed by atoms with Gasteiger partial charge in [0.2, 0.25) is 0 Å². The number of hydrogen-bond donors (Lipinski definition) is 2. The maximum Gasteiger partial charge on any atom is 0.315 e. The van der Waals surface area contributed by atoms with Crippen LogP contribution in [0.3, 0.4) is 0 Å². The van der Waals surface area contributed by atoms with Gasteiger partial charge in [-0.25, -0.2) is 13.2 Å². The molecule has 0 spiro atoms. The molecule has 1 heterocycles. The van der Waals surface area contributed by atoms with Gasteiger partial charge in [-0.05, 0) is 6.42 Å². The molecule has 76 valence electrons. The highest BCUT2D eigenvalue weighted by atomic mass is 32.2. The summed E-state index contributed by atoms with van der Waals surface area (Å²) in [7, 11) is -2.84. The van der Waals surface area contributed by atoms with Gasteiger partial charge in [-0.2, -0.15) is 0 Å². The van der Waals surface area contributed by atoms with Crippen LogP contribution in [0.4, 0.5) is 4.79 Å². The molecule has 2 N–H and O–H groups in total. The normalized spacial score (nSPS) is 20.4. The van der Waals surface area contributed by atoms with Crippen LogP contribution in [0.1, 0.15) is 13.3 Å². The summed E-state index contributed by atoms with van der Waals surface area (Å²) in [5.74, 6) is 0.152. The van der Waals surface area contributed by atoms with E-state index >= 15 is 0 Å². The summed E-state index contributed by atoms with van der Waals surface area (Å²) >= 11 is 0. The van der Waals surface area contributed by atoms with Gasteiger partial charge in [-0.15, -0.1) is 0 Å². The Morgan fingerprint density at radius 2 is 2.08 bits per heavy atom. The highest BCUT2D eigenvalue weighted by Crippen LogP contribution is 2.09. The first kappa shape index (κ1) is 10.3. The first-order valence-corrected chi connectivity index (χ1v) is 6.10. The lowest BCUT2D eigenvalue weighted by atomic mass is 10.4. The lowest BCUT2D eigenvalue weighted by Gasteiger charge is -2.26. The van der Waals surface area contributed by atoms with Crippen molar-refractivity contribution < 1.29 is 13.2 Å². The second-order valence-electron chi connectivity index (χ2n) is 3.17. The third kappa shape index (κ3) is 3.22. The van der Waals surface area contributed by atoms with Gasteiger partial charge in [-0.3, -0.25) is 0 Å². The van der Waals surface area contributed by atoms with Crippen molar-refractivity contribution in [2.24, 2.45) is 0 Å².